The van der Waals surface area contributed by atoms with E-state index in [0.29, 0.717) is 56.1 Å². The van der Waals surface area contributed by atoms with Gasteiger partial charge in [-0.25, -0.2) is 0 Å². The van der Waals surface area contributed by atoms with Crippen molar-refractivity contribution in [1.82, 2.24) is 0 Å². The molecule has 2 heterocycles. The lowest BCUT2D eigenvalue weighted by molar-refractivity contribution is -0.703. The summed E-state index contributed by atoms with van der Waals surface area (Å²) in [7, 11) is 0. The van der Waals surface area contributed by atoms with E-state index < -0.39 is 58.3 Å². The molecule has 4 aliphatic carbocycles. The fourth-order valence-corrected chi connectivity index (χ4v) is 12.7. The van der Waals surface area contributed by atoms with Gasteiger partial charge in [-0.3, -0.25) is 10.5 Å². The second kappa shape index (κ2) is 15.1. The van der Waals surface area contributed by atoms with E-state index in [2.05, 4.69) is 19.2 Å². The minimum atomic E-state index is -1.61. The van der Waals surface area contributed by atoms with Crippen molar-refractivity contribution in [3.05, 3.63) is 11.6 Å². The van der Waals surface area contributed by atoms with Crippen LogP contribution in [0.25, 0.3) is 0 Å². The zero-order valence-corrected chi connectivity index (χ0v) is 31.0. The van der Waals surface area contributed by atoms with Gasteiger partial charge in [-0.15, -0.1) is 0 Å². The van der Waals surface area contributed by atoms with Gasteiger partial charge in [0.1, 0.15) is 12.3 Å². The molecule has 0 aromatic carbocycles. The van der Waals surface area contributed by atoms with Gasteiger partial charge in [0, 0.05) is 30.3 Å². The van der Waals surface area contributed by atoms with Crippen LogP contribution in [0.15, 0.2) is 11.6 Å². The number of carbonyl (C=O) groups is 1. The molecule has 3 saturated carbocycles. The van der Waals surface area contributed by atoms with E-state index in [9.17, 15) is 35.4 Å². The van der Waals surface area contributed by atoms with Crippen molar-refractivity contribution >= 4 is 5.78 Å². The minimum absolute atomic E-state index is 0.0731. The second-order valence-electron chi connectivity index (χ2n) is 18.1. The molecule has 286 valence electrons. The number of rotatable bonds is 13. The Morgan fingerprint density at radius 2 is 1.84 bits per heavy atom. The van der Waals surface area contributed by atoms with Crippen LogP contribution < -0.4 is 11.1 Å². The van der Waals surface area contributed by atoms with E-state index in [1.54, 1.807) is 13.0 Å². The molecule has 2 unspecified atom stereocenters. The summed E-state index contributed by atoms with van der Waals surface area (Å²) >= 11 is 0. The quantitative estimate of drug-likeness (QED) is 0.133. The number of unbranched alkanes of at least 4 members (excludes halogenated alkanes) is 3. The van der Waals surface area contributed by atoms with E-state index in [0.717, 1.165) is 45.1 Å². The number of hydrogen-bond donors (Lipinski definition) is 8. The highest BCUT2D eigenvalue weighted by Gasteiger charge is 2.71. The Bertz CT molecular complexity index is 1220. The molecule has 5 fully saturated rings. The maximum Gasteiger partial charge on any atom is 0.159 e. The van der Waals surface area contributed by atoms with Crippen LogP contribution in [-0.2, 0) is 9.53 Å². The molecule has 0 amide bonds. The monoisotopic (exact) mass is 706 g/mol. The molecule has 0 bridgehead atoms. The number of nitrogens with two attached hydrogens (primary N) is 2. The van der Waals surface area contributed by atoms with Crippen molar-refractivity contribution in [3.8, 4) is 0 Å². The third kappa shape index (κ3) is 6.48. The number of quaternary nitrogens is 1. The Hall–Kier alpha value is -0.950. The summed E-state index contributed by atoms with van der Waals surface area (Å²) in [5.74, 6) is -0.393. The van der Waals surface area contributed by atoms with Gasteiger partial charge in [-0.2, -0.15) is 0 Å². The Labute approximate surface area is 299 Å². The smallest absolute Gasteiger partial charge is 0.159 e. The maximum absolute atomic E-state index is 14.2. The molecule has 50 heavy (non-hydrogen) atoms. The zero-order chi connectivity index (χ0) is 36.1. The summed E-state index contributed by atoms with van der Waals surface area (Å²) in [5, 5.41) is 72.2. The van der Waals surface area contributed by atoms with Gasteiger partial charge in [0.25, 0.3) is 0 Å². The Balaban J connectivity index is 1.28. The van der Waals surface area contributed by atoms with E-state index >= 15 is 0 Å². The predicted octanol–water partition coefficient (Wildman–Crippen LogP) is 2.31. The molecular weight excluding hydrogens is 636 g/mol. The van der Waals surface area contributed by atoms with Gasteiger partial charge in [0.15, 0.2) is 5.78 Å². The van der Waals surface area contributed by atoms with Crippen LogP contribution in [0.1, 0.15) is 124 Å². The molecule has 10 N–H and O–H groups in total. The first-order valence-corrected chi connectivity index (χ1v) is 20.3. The molecule has 0 radical (unpaired) electrons. The lowest BCUT2D eigenvalue weighted by atomic mass is 9.43. The summed E-state index contributed by atoms with van der Waals surface area (Å²) in [5.41, 5.74) is 2.23. The SMILES string of the molecule is CCCCCC[C@H]1CO[C@@H]([C@@H](O)[C@](C)(O)[C@@H]2CC[C@]3(O)C4=CC(=O)[C@H]5C[C@@H](O)[C@@H](O)C[C@]5(CCC5CCC(N)[NH2+]C5)[C@@H]4CC[C@]23CCO)[C@H]1C. The first kappa shape index (κ1) is 38.8. The molecule has 6 rings (SSSR count). The van der Waals surface area contributed by atoms with Crippen molar-refractivity contribution in [2.24, 2.45) is 52.1 Å². The summed E-state index contributed by atoms with van der Waals surface area (Å²) in [6.07, 6.45) is 10.2. The highest BCUT2D eigenvalue weighted by atomic mass is 16.5. The minimum Gasteiger partial charge on any atom is -0.396 e. The number of aliphatic hydroxyl groups is 6. The second-order valence-corrected chi connectivity index (χ2v) is 18.1. The van der Waals surface area contributed by atoms with Crippen LogP contribution in [-0.4, -0.2) is 98.0 Å². The Kier molecular flexibility index (Phi) is 11.7. The standard InChI is InChI=1S/C40H68N2O8/c1-4-5-6-7-8-26-23-50-35(24(26)2)36(47)37(3,48)33-13-16-40(49)28-19-30(44)29-20-31(45)32(46)21-38(29,14-11-25-9-10-34(41)42-22-25)27(28)12-15-39(33,40)17-18-43/h19,24-27,29,31-36,42-43,45-49H,4-18,20-23,41H2,1-3H3/p+1/t24-,25?,26-,27+,29+,31+,32-,33-,34?,35+,36+,37+,38+,39-,40-/m0/s1. The van der Waals surface area contributed by atoms with E-state index in [4.69, 9.17) is 10.5 Å². The normalized spacial score (nSPS) is 46.4. The van der Waals surface area contributed by atoms with Crippen molar-refractivity contribution in [2.45, 2.75) is 165 Å². The summed E-state index contributed by atoms with van der Waals surface area (Å²) in [6.45, 7) is 7.31. The zero-order valence-electron chi connectivity index (χ0n) is 31.0. The number of hydrogen-bond acceptors (Lipinski definition) is 9. The molecule has 0 aromatic rings. The average molecular weight is 706 g/mol. The van der Waals surface area contributed by atoms with Gasteiger partial charge in [-0.1, -0.05) is 39.5 Å². The maximum atomic E-state index is 14.2. The van der Waals surface area contributed by atoms with Crippen molar-refractivity contribution in [2.75, 3.05) is 19.8 Å². The molecule has 10 heteroatoms. The number of ketones is 1. The van der Waals surface area contributed by atoms with E-state index in [1.165, 1.54) is 19.3 Å². The lowest BCUT2D eigenvalue weighted by Crippen LogP contribution is -2.95. The number of aliphatic hydroxyl groups excluding tert-OH is 4. The summed E-state index contributed by atoms with van der Waals surface area (Å²) in [4.78, 5) is 14.2. The molecule has 2 aliphatic heterocycles. The fraction of sp³-hybridized carbons (Fsp3) is 0.925. The predicted molar refractivity (Wildman–Crippen MR) is 189 cm³/mol. The number of carbonyl (C=O) groups excluding carboxylic acids is 1. The van der Waals surface area contributed by atoms with Gasteiger partial charge >= 0.3 is 0 Å². The number of piperidine rings is 1. The van der Waals surface area contributed by atoms with Crippen molar-refractivity contribution < 1.29 is 45.5 Å². The number of fused-ring (bicyclic) bond motifs is 5. The average Bonchev–Trinajstić information content (AvgIpc) is 3.60. The van der Waals surface area contributed by atoms with E-state index in [-0.39, 0.29) is 43.2 Å². The fourth-order valence-electron chi connectivity index (χ4n) is 12.7. The molecule has 2 saturated heterocycles. The number of allylic oxidation sites excluding steroid dienone is 1. The Morgan fingerprint density at radius 1 is 1.06 bits per heavy atom. The van der Waals surface area contributed by atoms with Gasteiger partial charge < -0.3 is 40.7 Å². The third-order valence-electron chi connectivity index (χ3n) is 15.6. The topological polar surface area (TPSA) is 190 Å². The molecular formula is C40H69N2O8+. The highest BCUT2D eigenvalue weighted by Crippen LogP contribution is 2.70. The molecule has 10 nitrogen and oxygen atoms in total. The van der Waals surface area contributed by atoms with Crippen LogP contribution in [0.2, 0.25) is 0 Å². The highest BCUT2D eigenvalue weighted by molar-refractivity contribution is 5.95. The third-order valence-corrected chi connectivity index (χ3v) is 15.6. The van der Waals surface area contributed by atoms with Crippen LogP contribution in [0.4, 0.5) is 0 Å². The largest absolute Gasteiger partial charge is 0.396 e. The molecule has 15 atom stereocenters. The van der Waals surface area contributed by atoms with Gasteiger partial charge in [0.05, 0.1) is 42.7 Å². The summed E-state index contributed by atoms with van der Waals surface area (Å²) < 4.78 is 6.24. The summed E-state index contributed by atoms with van der Waals surface area (Å²) in [6, 6.07) is 0. The number of ether oxygens (including phenoxy) is 1. The first-order valence-electron chi connectivity index (χ1n) is 20.3. The van der Waals surface area contributed by atoms with Crippen molar-refractivity contribution in [3.63, 3.8) is 0 Å². The van der Waals surface area contributed by atoms with Gasteiger partial charge in [0.2, 0.25) is 0 Å². The molecule has 0 spiro atoms. The van der Waals surface area contributed by atoms with Crippen LogP contribution in [0.5, 0.6) is 0 Å². The van der Waals surface area contributed by atoms with Crippen LogP contribution in [0, 0.1) is 46.3 Å². The van der Waals surface area contributed by atoms with E-state index in [1.807, 2.05) is 0 Å². The van der Waals surface area contributed by atoms with Crippen molar-refractivity contribution in [1.29, 1.82) is 0 Å². The van der Waals surface area contributed by atoms with Gasteiger partial charge in [-0.05, 0) is 118 Å². The molecule has 0 aromatic heterocycles. The first-order chi connectivity index (χ1) is 23.8. The van der Waals surface area contributed by atoms with Crippen LogP contribution in [0.3, 0.4) is 0 Å². The Morgan fingerprint density at radius 3 is 2.54 bits per heavy atom. The van der Waals surface area contributed by atoms with Crippen LogP contribution >= 0.6 is 0 Å². The molecule has 6 aliphatic rings. The lowest BCUT2D eigenvalue weighted by Gasteiger charge is -2.62.